The van der Waals surface area contributed by atoms with Crippen molar-refractivity contribution in [1.82, 2.24) is 0 Å². The van der Waals surface area contributed by atoms with Gasteiger partial charge < -0.3 is 10.5 Å². The molecule has 0 unspecified atom stereocenters. The van der Waals surface area contributed by atoms with Crippen molar-refractivity contribution in [2.45, 2.75) is 0 Å². The summed E-state index contributed by atoms with van der Waals surface area (Å²) in [5, 5.41) is 0.896. The number of rotatable bonds is 4. The van der Waals surface area contributed by atoms with Gasteiger partial charge in [-0.2, -0.15) is 0 Å². The first-order valence-corrected chi connectivity index (χ1v) is 3.37. The number of hydrogen-bond acceptors (Lipinski definition) is 2. The van der Waals surface area contributed by atoms with Gasteiger partial charge in [-0.05, 0) is 0 Å². The molecule has 0 heterocycles. The van der Waals surface area contributed by atoms with Gasteiger partial charge in [-0.3, -0.25) is 0 Å². The maximum atomic E-state index is 5.13. The lowest BCUT2D eigenvalue weighted by Gasteiger charge is -1.94. The summed E-state index contributed by atoms with van der Waals surface area (Å²) in [7, 11) is 0. The van der Waals surface area contributed by atoms with Gasteiger partial charge in [0.2, 0.25) is 0 Å². The zero-order valence-corrected chi connectivity index (χ0v) is 5.78. The van der Waals surface area contributed by atoms with Crippen molar-refractivity contribution in [3.63, 3.8) is 0 Å². The molecular formula is C4H10BrNO. The molecule has 7 heavy (non-hydrogen) atoms. The Labute approximate surface area is 52.2 Å². The van der Waals surface area contributed by atoms with E-state index in [9.17, 15) is 0 Å². The zero-order chi connectivity index (χ0) is 5.54. The van der Waals surface area contributed by atoms with E-state index in [2.05, 4.69) is 15.9 Å². The molecule has 0 fully saturated rings. The van der Waals surface area contributed by atoms with Crippen LogP contribution in [0.3, 0.4) is 0 Å². The minimum atomic E-state index is 0.618. The second-order valence-corrected chi connectivity index (χ2v) is 1.88. The van der Waals surface area contributed by atoms with E-state index in [0.29, 0.717) is 13.2 Å². The number of alkyl halides is 1. The number of halogens is 1. The van der Waals surface area contributed by atoms with Gasteiger partial charge in [-0.15, -0.1) is 0 Å². The number of nitrogens with two attached hydrogens (primary N) is 1. The normalized spacial score (nSPS) is 9.43. The van der Waals surface area contributed by atoms with E-state index in [1.165, 1.54) is 0 Å². The van der Waals surface area contributed by atoms with E-state index < -0.39 is 0 Å². The van der Waals surface area contributed by atoms with Gasteiger partial charge in [0.15, 0.2) is 0 Å². The van der Waals surface area contributed by atoms with Gasteiger partial charge in [0.05, 0.1) is 13.2 Å². The molecule has 0 saturated carbocycles. The molecule has 0 aliphatic rings. The minimum absolute atomic E-state index is 0.618. The average molecular weight is 168 g/mol. The van der Waals surface area contributed by atoms with Crippen LogP contribution in [0.2, 0.25) is 0 Å². The highest BCUT2D eigenvalue weighted by atomic mass is 79.9. The van der Waals surface area contributed by atoms with Crippen molar-refractivity contribution in [2.24, 2.45) is 5.73 Å². The van der Waals surface area contributed by atoms with Gasteiger partial charge in [0, 0.05) is 11.9 Å². The van der Waals surface area contributed by atoms with Crippen LogP contribution in [0, 0.1) is 0 Å². The van der Waals surface area contributed by atoms with Gasteiger partial charge in [-0.1, -0.05) is 15.9 Å². The minimum Gasteiger partial charge on any atom is -0.379 e. The molecule has 0 saturated heterocycles. The third-order valence-corrected chi connectivity index (χ3v) is 0.807. The van der Waals surface area contributed by atoms with Crippen molar-refractivity contribution in [1.29, 1.82) is 0 Å². The molecule has 0 rings (SSSR count). The smallest absolute Gasteiger partial charge is 0.0589 e. The summed E-state index contributed by atoms with van der Waals surface area (Å²) in [6, 6.07) is 0. The van der Waals surface area contributed by atoms with E-state index in [4.69, 9.17) is 10.5 Å². The fraction of sp³-hybridized carbons (Fsp3) is 1.00. The highest BCUT2D eigenvalue weighted by molar-refractivity contribution is 9.09. The summed E-state index contributed by atoms with van der Waals surface area (Å²) in [5.41, 5.74) is 5.13. The molecule has 0 aromatic heterocycles. The third-order valence-electron chi connectivity index (χ3n) is 0.484. The topological polar surface area (TPSA) is 35.2 Å². The maximum Gasteiger partial charge on any atom is 0.0589 e. The summed E-state index contributed by atoms with van der Waals surface area (Å²) in [6.45, 7) is 2.05. The van der Waals surface area contributed by atoms with Crippen LogP contribution in [0.15, 0.2) is 0 Å². The third kappa shape index (κ3) is 6.40. The molecule has 0 spiro atoms. The van der Waals surface area contributed by atoms with Crippen LogP contribution in [0.1, 0.15) is 0 Å². The predicted molar refractivity (Wildman–Crippen MR) is 33.7 cm³/mol. The SMILES string of the molecule is NCCOCCBr. The van der Waals surface area contributed by atoms with Crippen LogP contribution in [-0.4, -0.2) is 25.1 Å². The molecule has 0 aliphatic heterocycles. The van der Waals surface area contributed by atoms with Crippen LogP contribution >= 0.6 is 15.9 Å². The van der Waals surface area contributed by atoms with Gasteiger partial charge in [0.25, 0.3) is 0 Å². The summed E-state index contributed by atoms with van der Waals surface area (Å²) in [4.78, 5) is 0. The predicted octanol–water partition coefficient (Wildman–Crippen LogP) is 0.357. The maximum absolute atomic E-state index is 5.13. The standard InChI is InChI=1S/C4H10BrNO/c5-1-3-7-4-2-6/h1-4,6H2. The molecule has 0 atom stereocenters. The Morgan fingerprint density at radius 3 is 2.57 bits per heavy atom. The second kappa shape index (κ2) is 6.40. The zero-order valence-electron chi connectivity index (χ0n) is 4.19. The Balaban J connectivity index is 2.45. The molecule has 0 aromatic carbocycles. The second-order valence-electron chi connectivity index (χ2n) is 1.09. The van der Waals surface area contributed by atoms with Crippen LogP contribution in [0.25, 0.3) is 0 Å². The van der Waals surface area contributed by atoms with Crippen LogP contribution in [-0.2, 0) is 4.74 Å². The molecule has 0 radical (unpaired) electrons. The molecule has 0 bridgehead atoms. The first-order chi connectivity index (χ1) is 3.41. The first kappa shape index (κ1) is 7.40. The molecule has 3 heteroatoms. The molecule has 0 aliphatic carbocycles. The number of ether oxygens (including phenoxy) is 1. The van der Waals surface area contributed by atoms with Gasteiger partial charge in [0.1, 0.15) is 0 Å². The van der Waals surface area contributed by atoms with Crippen molar-refractivity contribution in [2.75, 3.05) is 25.1 Å². The fourth-order valence-electron chi connectivity index (χ4n) is 0.240. The molecule has 2 nitrogen and oxygen atoms in total. The Morgan fingerprint density at radius 2 is 2.14 bits per heavy atom. The van der Waals surface area contributed by atoms with E-state index >= 15 is 0 Å². The first-order valence-electron chi connectivity index (χ1n) is 2.25. The van der Waals surface area contributed by atoms with Crippen molar-refractivity contribution < 1.29 is 4.74 Å². The van der Waals surface area contributed by atoms with Crippen LogP contribution < -0.4 is 5.73 Å². The molecule has 0 amide bonds. The van der Waals surface area contributed by atoms with Crippen molar-refractivity contribution >= 4 is 15.9 Å². The quantitative estimate of drug-likeness (QED) is 0.485. The van der Waals surface area contributed by atoms with Gasteiger partial charge in [-0.25, -0.2) is 0 Å². The lowest BCUT2D eigenvalue weighted by molar-refractivity contribution is 0.158. The Bertz CT molecular complexity index is 30.9. The van der Waals surface area contributed by atoms with E-state index in [0.717, 1.165) is 11.9 Å². The van der Waals surface area contributed by atoms with Crippen LogP contribution in [0.5, 0.6) is 0 Å². The Kier molecular flexibility index (Phi) is 6.77. The van der Waals surface area contributed by atoms with Crippen molar-refractivity contribution in [3.05, 3.63) is 0 Å². The highest BCUT2D eigenvalue weighted by Gasteiger charge is 1.78. The average Bonchev–Trinajstić information content (AvgIpc) is 1.69. The van der Waals surface area contributed by atoms with E-state index in [1.54, 1.807) is 0 Å². The lowest BCUT2D eigenvalue weighted by atomic mass is 10.7. The largest absolute Gasteiger partial charge is 0.379 e. The van der Waals surface area contributed by atoms with Gasteiger partial charge >= 0.3 is 0 Å². The van der Waals surface area contributed by atoms with E-state index in [1.807, 2.05) is 0 Å². The lowest BCUT2D eigenvalue weighted by Crippen LogP contribution is -2.09. The summed E-state index contributed by atoms with van der Waals surface area (Å²) < 4.78 is 4.96. The van der Waals surface area contributed by atoms with Crippen LogP contribution in [0.4, 0.5) is 0 Å². The van der Waals surface area contributed by atoms with E-state index in [-0.39, 0.29) is 0 Å². The Hall–Kier alpha value is 0.400. The molecule has 0 aromatic rings. The fourth-order valence-corrected chi connectivity index (χ4v) is 0.469. The molecule has 2 N–H and O–H groups in total. The van der Waals surface area contributed by atoms with Crippen molar-refractivity contribution in [3.8, 4) is 0 Å². The monoisotopic (exact) mass is 167 g/mol. The number of hydrogen-bond donors (Lipinski definition) is 1. The summed E-state index contributed by atoms with van der Waals surface area (Å²) >= 11 is 3.21. The summed E-state index contributed by atoms with van der Waals surface area (Å²) in [5.74, 6) is 0. The summed E-state index contributed by atoms with van der Waals surface area (Å²) in [6.07, 6.45) is 0. The molecule has 44 valence electrons. The Morgan fingerprint density at radius 1 is 1.43 bits per heavy atom. The highest BCUT2D eigenvalue weighted by Crippen LogP contribution is 1.78. The molecular weight excluding hydrogens is 158 g/mol.